The van der Waals surface area contributed by atoms with E-state index in [4.69, 9.17) is 8.83 Å². The van der Waals surface area contributed by atoms with Gasteiger partial charge < -0.3 is 29.3 Å². The first-order valence-corrected chi connectivity index (χ1v) is 7.35. The fourth-order valence-corrected chi connectivity index (χ4v) is 2.84. The van der Waals surface area contributed by atoms with E-state index in [9.17, 15) is 30.0 Å². The summed E-state index contributed by atoms with van der Waals surface area (Å²) in [6, 6.07) is 7.25. The average molecular weight is 354 g/mol. The lowest BCUT2D eigenvalue weighted by Gasteiger charge is -2.13. The van der Waals surface area contributed by atoms with Crippen molar-refractivity contribution in [3.8, 4) is 34.1 Å². The van der Waals surface area contributed by atoms with Crippen LogP contribution in [0, 0.1) is 0 Å². The van der Waals surface area contributed by atoms with Gasteiger partial charge in [-0.1, -0.05) is 0 Å². The Morgan fingerprint density at radius 2 is 1.00 bits per heavy atom. The van der Waals surface area contributed by atoms with Gasteiger partial charge in [0, 0.05) is 22.9 Å². The van der Waals surface area contributed by atoms with Crippen molar-refractivity contribution in [1.82, 2.24) is 0 Å². The van der Waals surface area contributed by atoms with E-state index in [1.54, 1.807) is 0 Å². The molecule has 0 spiro atoms. The fraction of sp³-hybridized carbons (Fsp3) is 0. The first-order chi connectivity index (χ1) is 12.4. The highest BCUT2D eigenvalue weighted by Crippen LogP contribution is 2.50. The topological polar surface area (TPSA) is 141 Å². The molecule has 8 heteroatoms. The lowest BCUT2D eigenvalue weighted by Crippen LogP contribution is -1.98. The second-order valence-corrected chi connectivity index (χ2v) is 5.58. The quantitative estimate of drug-likeness (QED) is 0.301. The van der Waals surface area contributed by atoms with Gasteiger partial charge in [-0.25, -0.2) is 9.59 Å². The summed E-state index contributed by atoms with van der Waals surface area (Å²) in [7, 11) is 0. The number of fused-ring (bicyclic) bond motifs is 2. The van der Waals surface area contributed by atoms with Crippen LogP contribution in [0.25, 0.3) is 33.1 Å². The molecule has 2 aromatic heterocycles. The van der Waals surface area contributed by atoms with Crippen LogP contribution in [0.3, 0.4) is 0 Å². The lowest BCUT2D eigenvalue weighted by atomic mass is 9.97. The second kappa shape index (κ2) is 5.28. The van der Waals surface area contributed by atoms with Crippen molar-refractivity contribution in [2.75, 3.05) is 0 Å². The smallest absolute Gasteiger partial charge is 0.336 e. The molecule has 2 heterocycles. The molecule has 0 saturated carbocycles. The first-order valence-electron chi connectivity index (χ1n) is 7.35. The van der Waals surface area contributed by atoms with Crippen LogP contribution < -0.4 is 11.3 Å². The molecule has 4 aromatic rings. The first kappa shape index (κ1) is 15.6. The summed E-state index contributed by atoms with van der Waals surface area (Å²) in [6.07, 6.45) is 0. The van der Waals surface area contributed by atoms with Gasteiger partial charge in [0.15, 0.2) is 34.2 Å². The summed E-state index contributed by atoms with van der Waals surface area (Å²) in [6.45, 7) is 0. The number of hydrogen-bond acceptors (Lipinski definition) is 8. The molecule has 0 fully saturated rings. The molecule has 130 valence electrons. The van der Waals surface area contributed by atoms with E-state index in [0.717, 1.165) is 24.3 Å². The molecule has 0 radical (unpaired) electrons. The number of rotatable bonds is 1. The summed E-state index contributed by atoms with van der Waals surface area (Å²) in [5, 5.41) is 41.2. The Bertz CT molecular complexity index is 1210. The van der Waals surface area contributed by atoms with Crippen molar-refractivity contribution in [2.24, 2.45) is 0 Å². The SMILES string of the molecule is O=c1ccc2cc(O)c(O)c(-c3c(O)c(O)cc4ccc(=O)oc34)c2o1. The number of phenols is 4. The maximum absolute atomic E-state index is 11.6. The van der Waals surface area contributed by atoms with Gasteiger partial charge in [-0.15, -0.1) is 0 Å². The van der Waals surface area contributed by atoms with E-state index in [1.807, 2.05) is 0 Å². The molecule has 0 amide bonds. The molecule has 4 rings (SSSR count). The second-order valence-electron chi connectivity index (χ2n) is 5.58. The minimum Gasteiger partial charge on any atom is -0.504 e. The van der Waals surface area contributed by atoms with Gasteiger partial charge in [-0.3, -0.25) is 0 Å². The van der Waals surface area contributed by atoms with Crippen molar-refractivity contribution in [2.45, 2.75) is 0 Å². The lowest BCUT2D eigenvalue weighted by molar-refractivity contribution is 0.399. The van der Waals surface area contributed by atoms with E-state index in [0.29, 0.717) is 0 Å². The van der Waals surface area contributed by atoms with Gasteiger partial charge in [0.25, 0.3) is 0 Å². The summed E-state index contributed by atoms with van der Waals surface area (Å²) in [4.78, 5) is 23.3. The van der Waals surface area contributed by atoms with Gasteiger partial charge in [-0.2, -0.15) is 0 Å². The number of benzene rings is 2. The van der Waals surface area contributed by atoms with Crippen LogP contribution in [-0.2, 0) is 0 Å². The van der Waals surface area contributed by atoms with Gasteiger partial charge in [0.05, 0.1) is 11.1 Å². The molecule has 2 aromatic carbocycles. The Balaban J connectivity index is 2.31. The average Bonchev–Trinajstić information content (AvgIpc) is 2.60. The van der Waals surface area contributed by atoms with E-state index in [1.165, 1.54) is 12.1 Å². The molecule has 0 aliphatic carbocycles. The number of hydrogen-bond donors (Lipinski definition) is 4. The highest BCUT2D eigenvalue weighted by molar-refractivity contribution is 6.07. The summed E-state index contributed by atoms with van der Waals surface area (Å²) in [5.74, 6) is -2.56. The summed E-state index contributed by atoms with van der Waals surface area (Å²) >= 11 is 0. The fourth-order valence-electron chi connectivity index (χ4n) is 2.84. The van der Waals surface area contributed by atoms with Crippen LogP contribution in [0.2, 0.25) is 0 Å². The third-order valence-electron chi connectivity index (χ3n) is 3.98. The largest absolute Gasteiger partial charge is 0.504 e. The molecule has 26 heavy (non-hydrogen) atoms. The Kier molecular flexibility index (Phi) is 3.16. The molecule has 0 atom stereocenters. The van der Waals surface area contributed by atoms with E-state index in [2.05, 4.69) is 0 Å². The van der Waals surface area contributed by atoms with Crippen LogP contribution in [-0.4, -0.2) is 20.4 Å². The van der Waals surface area contributed by atoms with Crippen molar-refractivity contribution < 1.29 is 29.3 Å². The minimum absolute atomic E-state index is 0.165. The van der Waals surface area contributed by atoms with E-state index in [-0.39, 0.29) is 33.1 Å². The van der Waals surface area contributed by atoms with Crippen molar-refractivity contribution >= 4 is 21.9 Å². The van der Waals surface area contributed by atoms with Gasteiger partial charge >= 0.3 is 11.3 Å². The molecule has 0 unspecified atom stereocenters. The molecule has 0 bridgehead atoms. The van der Waals surface area contributed by atoms with Crippen molar-refractivity contribution in [1.29, 1.82) is 0 Å². The van der Waals surface area contributed by atoms with Crippen molar-refractivity contribution in [3.63, 3.8) is 0 Å². The zero-order chi connectivity index (χ0) is 18.6. The molecule has 4 N–H and O–H groups in total. The Labute approximate surface area is 143 Å². The van der Waals surface area contributed by atoms with E-state index < -0.39 is 34.2 Å². The predicted octanol–water partition coefficient (Wildman–Crippen LogP) is 2.39. The highest BCUT2D eigenvalue weighted by Gasteiger charge is 2.25. The molecular weight excluding hydrogens is 344 g/mol. The van der Waals surface area contributed by atoms with E-state index >= 15 is 0 Å². The molecule has 0 aliphatic heterocycles. The third-order valence-corrected chi connectivity index (χ3v) is 3.98. The highest BCUT2D eigenvalue weighted by atomic mass is 16.4. The van der Waals surface area contributed by atoms with Gasteiger partial charge in [-0.05, 0) is 24.3 Å². The van der Waals surface area contributed by atoms with Crippen LogP contribution in [0.4, 0.5) is 0 Å². The normalized spacial score (nSPS) is 11.2. The van der Waals surface area contributed by atoms with Crippen LogP contribution >= 0.6 is 0 Å². The molecule has 8 nitrogen and oxygen atoms in total. The van der Waals surface area contributed by atoms with Gasteiger partial charge in [0.1, 0.15) is 0 Å². The van der Waals surface area contributed by atoms with Crippen LogP contribution in [0.1, 0.15) is 0 Å². The maximum Gasteiger partial charge on any atom is 0.336 e. The molecular formula is C18H10O8. The Hall–Kier alpha value is -3.94. The zero-order valence-electron chi connectivity index (χ0n) is 12.9. The maximum atomic E-state index is 11.6. The zero-order valence-corrected chi connectivity index (χ0v) is 12.9. The molecule has 0 saturated heterocycles. The Morgan fingerprint density at radius 1 is 0.615 bits per heavy atom. The minimum atomic E-state index is -0.741. The number of aromatic hydroxyl groups is 4. The monoisotopic (exact) mass is 354 g/mol. The summed E-state index contributed by atoms with van der Waals surface area (Å²) in [5.41, 5.74) is -2.41. The van der Waals surface area contributed by atoms with Gasteiger partial charge in [0.2, 0.25) is 0 Å². The Morgan fingerprint density at radius 3 is 1.38 bits per heavy atom. The van der Waals surface area contributed by atoms with Crippen LogP contribution in [0.5, 0.6) is 23.0 Å². The predicted molar refractivity (Wildman–Crippen MR) is 90.6 cm³/mol. The van der Waals surface area contributed by atoms with Crippen LogP contribution in [0.15, 0.2) is 54.8 Å². The third kappa shape index (κ3) is 2.16. The molecule has 0 aliphatic rings. The summed E-state index contributed by atoms with van der Waals surface area (Å²) < 4.78 is 10.2. The van der Waals surface area contributed by atoms with Crippen molar-refractivity contribution in [3.05, 3.63) is 57.2 Å². The standard InChI is InChI=1S/C18H10O8/c19-9-5-7-1-3-11(21)25-17(7)13(15(9)23)14-16(24)10(20)6-8-2-4-12(22)26-18(8)14/h1-6,19-20,23-24H. The number of phenolic OH excluding ortho intramolecular Hbond substituents is 4.